The molecule has 3 heterocycles. The monoisotopic (exact) mass is 383 g/mol. The molecule has 3 fully saturated rings. The Morgan fingerprint density at radius 3 is 2.67 bits per heavy atom. The van der Waals surface area contributed by atoms with E-state index in [1.165, 1.54) is 6.07 Å². The Morgan fingerprint density at radius 2 is 1.96 bits per heavy atom. The van der Waals surface area contributed by atoms with Crippen LogP contribution in [0.3, 0.4) is 0 Å². The summed E-state index contributed by atoms with van der Waals surface area (Å²) in [6.45, 7) is 5.07. The van der Waals surface area contributed by atoms with Gasteiger partial charge in [-0.15, -0.1) is 0 Å². The standard InChI is InChI=1S/C21H28F3NO2/c22-21(23,24)19-11-16(5-6-18(19)20-4-2-9-27-20)17-3-1-8-25(13-17)12-15-7-10-26-14-15/h5-6,11,15,17,20H,1-4,7-10,12-14H2. The molecule has 27 heavy (non-hydrogen) atoms. The maximum Gasteiger partial charge on any atom is 0.416 e. The first-order valence-electron chi connectivity index (χ1n) is 10.1. The van der Waals surface area contributed by atoms with Crippen molar-refractivity contribution in [3.8, 4) is 0 Å². The van der Waals surface area contributed by atoms with Crippen molar-refractivity contribution >= 4 is 0 Å². The first-order valence-corrected chi connectivity index (χ1v) is 10.1. The SMILES string of the molecule is FC(F)(F)c1cc(C2CCCN(CC3CCOC3)C2)ccc1C1CCCO1. The minimum absolute atomic E-state index is 0.167. The number of alkyl halides is 3. The molecule has 0 bridgehead atoms. The van der Waals surface area contributed by atoms with Gasteiger partial charge in [0.2, 0.25) is 0 Å². The highest BCUT2D eigenvalue weighted by atomic mass is 19.4. The molecule has 3 nitrogen and oxygen atoms in total. The number of piperidine rings is 1. The number of halogens is 3. The Kier molecular flexibility index (Phi) is 5.76. The maximum atomic E-state index is 13.7. The molecule has 3 atom stereocenters. The summed E-state index contributed by atoms with van der Waals surface area (Å²) in [7, 11) is 0. The van der Waals surface area contributed by atoms with Gasteiger partial charge in [0.05, 0.1) is 18.3 Å². The molecule has 150 valence electrons. The van der Waals surface area contributed by atoms with Gasteiger partial charge in [-0.2, -0.15) is 13.2 Å². The molecular formula is C21H28F3NO2. The Labute approximate surface area is 158 Å². The average Bonchev–Trinajstić information content (AvgIpc) is 3.35. The molecule has 0 radical (unpaired) electrons. The molecule has 0 saturated carbocycles. The minimum atomic E-state index is -4.34. The maximum absolute atomic E-state index is 13.7. The number of likely N-dealkylation sites (tertiary alicyclic amines) is 1. The highest BCUT2D eigenvalue weighted by Crippen LogP contribution is 2.41. The van der Waals surface area contributed by atoms with Gasteiger partial charge in [-0.05, 0) is 67.7 Å². The van der Waals surface area contributed by atoms with Crippen LogP contribution in [-0.4, -0.2) is 44.4 Å². The predicted molar refractivity (Wildman–Crippen MR) is 96.7 cm³/mol. The van der Waals surface area contributed by atoms with Crippen molar-refractivity contribution < 1.29 is 22.6 Å². The summed E-state index contributed by atoms with van der Waals surface area (Å²) in [5.41, 5.74) is 0.615. The molecule has 1 aromatic carbocycles. The van der Waals surface area contributed by atoms with Crippen molar-refractivity contribution in [1.82, 2.24) is 4.90 Å². The molecule has 1 aromatic rings. The van der Waals surface area contributed by atoms with Gasteiger partial charge in [0.15, 0.2) is 0 Å². The third-order valence-corrected chi connectivity index (χ3v) is 6.18. The zero-order chi connectivity index (χ0) is 18.9. The normalized spacial score (nSPS) is 30.1. The summed E-state index contributed by atoms with van der Waals surface area (Å²) >= 11 is 0. The molecule has 0 spiro atoms. The van der Waals surface area contributed by atoms with Gasteiger partial charge in [0.1, 0.15) is 0 Å². The molecule has 0 amide bonds. The number of benzene rings is 1. The van der Waals surface area contributed by atoms with Gasteiger partial charge < -0.3 is 14.4 Å². The second-order valence-electron chi connectivity index (χ2n) is 8.17. The number of hydrogen-bond acceptors (Lipinski definition) is 3. The Hall–Kier alpha value is -1.11. The van der Waals surface area contributed by atoms with Gasteiger partial charge in [0.25, 0.3) is 0 Å². The fourth-order valence-corrected chi connectivity index (χ4v) is 4.76. The molecule has 0 aliphatic carbocycles. The van der Waals surface area contributed by atoms with Crippen molar-refractivity contribution in [1.29, 1.82) is 0 Å². The quantitative estimate of drug-likeness (QED) is 0.747. The molecule has 6 heteroatoms. The Morgan fingerprint density at radius 1 is 1.07 bits per heavy atom. The summed E-state index contributed by atoms with van der Waals surface area (Å²) in [5, 5.41) is 0. The van der Waals surface area contributed by atoms with Gasteiger partial charge in [0, 0.05) is 26.3 Å². The zero-order valence-corrected chi connectivity index (χ0v) is 15.6. The molecule has 3 aliphatic rings. The van der Waals surface area contributed by atoms with Crippen LogP contribution in [0.5, 0.6) is 0 Å². The second-order valence-corrected chi connectivity index (χ2v) is 8.17. The van der Waals surface area contributed by atoms with Crippen LogP contribution >= 0.6 is 0 Å². The third kappa shape index (κ3) is 4.49. The van der Waals surface area contributed by atoms with E-state index < -0.39 is 17.8 Å². The summed E-state index contributed by atoms with van der Waals surface area (Å²) in [6, 6.07) is 4.96. The van der Waals surface area contributed by atoms with Crippen molar-refractivity contribution in [3.05, 3.63) is 34.9 Å². The van der Waals surface area contributed by atoms with E-state index >= 15 is 0 Å². The molecule has 0 aromatic heterocycles. The van der Waals surface area contributed by atoms with Crippen molar-refractivity contribution in [3.63, 3.8) is 0 Å². The lowest BCUT2D eigenvalue weighted by molar-refractivity contribution is -0.139. The lowest BCUT2D eigenvalue weighted by atomic mass is 9.87. The van der Waals surface area contributed by atoms with Gasteiger partial charge in [-0.3, -0.25) is 0 Å². The van der Waals surface area contributed by atoms with E-state index in [9.17, 15) is 13.2 Å². The predicted octanol–water partition coefficient (Wildman–Crippen LogP) is 4.77. The lowest BCUT2D eigenvalue weighted by Gasteiger charge is -2.34. The summed E-state index contributed by atoms with van der Waals surface area (Å²) < 4.78 is 52.1. The van der Waals surface area contributed by atoms with Gasteiger partial charge >= 0.3 is 6.18 Å². The smallest absolute Gasteiger partial charge is 0.381 e. The van der Waals surface area contributed by atoms with Crippen molar-refractivity contribution in [2.45, 2.75) is 50.3 Å². The van der Waals surface area contributed by atoms with Crippen molar-refractivity contribution in [2.24, 2.45) is 5.92 Å². The summed E-state index contributed by atoms with van der Waals surface area (Å²) in [6.07, 6.45) is -0.181. The second kappa shape index (κ2) is 8.10. The number of hydrogen-bond donors (Lipinski definition) is 0. The van der Waals surface area contributed by atoms with Gasteiger partial charge in [-0.25, -0.2) is 0 Å². The molecule has 0 N–H and O–H groups in total. The van der Waals surface area contributed by atoms with Crippen LogP contribution in [0, 0.1) is 5.92 Å². The minimum Gasteiger partial charge on any atom is -0.381 e. The average molecular weight is 383 g/mol. The Balaban J connectivity index is 1.52. The van der Waals surface area contributed by atoms with E-state index in [4.69, 9.17) is 9.47 Å². The molecule has 4 rings (SSSR count). The largest absolute Gasteiger partial charge is 0.416 e. The van der Waals surface area contributed by atoms with Gasteiger partial charge in [-0.1, -0.05) is 12.1 Å². The molecule has 3 aliphatic heterocycles. The van der Waals surface area contributed by atoms with Crippen molar-refractivity contribution in [2.75, 3.05) is 39.5 Å². The topological polar surface area (TPSA) is 21.7 Å². The molecule has 3 saturated heterocycles. The third-order valence-electron chi connectivity index (χ3n) is 6.18. The van der Waals surface area contributed by atoms with Crippen LogP contribution in [0.25, 0.3) is 0 Å². The van der Waals surface area contributed by atoms with E-state index in [1.54, 1.807) is 6.07 Å². The number of rotatable bonds is 4. The van der Waals surface area contributed by atoms with Crippen LogP contribution in [0.1, 0.15) is 60.8 Å². The van der Waals surface area contributed by atoms with Crippen LogP contribution in [0.4, 0.5) is 13.2 Å². The van der Waals surface area contributed by atoms with E-state index in [2.05, 4.69) is 4.90 Å². The van der Waals surface area contributed by atoms with Crippen LogP contribution in [0.2, 0.25) is 0 Å². The van der Waals surface area contributed by atoms with E-state index in [0.29, 0.717) is 24.5 Å². The fourth-order valence-electron chi connectivity index (χ4n) is 4.76. The first kappa shape index (κ1) is 19.2. The number of ether oxygens (including phenoxy) is 2. The van der Waals surface area contributed by atoms with Crippen LogP contribution in [0.15, 0.2) is 18.2 Å². The molecule has 3 unspecified atom stereocenters. The molecular weight excluding hydrogens is 355 g/mol. The Bertz CT molecular complexity index is 637. The highest BCUT2D eigenvalue weighted by molar-refractivity contribution is 5.38. The van der Waals surface area contributed by atoms with E-state index in [0.717, 1.165) is 64.1 Å². The van der Waals surface area contributed by atoms with Crippen LogP contribution in [-0.2, 0) is 15.7 Å². The van der Waals surface area contributed by atoms with Crippen LogP contribution < -0.4 is 0 Å². The highest BCUT2D eigenvalue weighted by Gasteiger charge is 2.37. The fraction of sp³-hybridized carbons (Fsp3) is 0.714. The van der Waals surface area contributed by atoms with E-state index in [1.807, 2.05) is 6.07 Å². The summed E-state index contributed by atoms with van der Waals surface area (Å²) in [4.78, 5) is 2.41. The lowest BCUT2D eigenvalue weighted by Crippen LogP contribution is -2.38. The first-order chi connectivity index (χ1) is 13.0. The van der Waals surface area contributed by atoms with E-state index in [-0.39, 0.29) is 5.92 Å². The summed E-state index contributed by atoms with van der Waals surface area (Å²) in [5.74, 6) is 0.733. The zero-order valence-electron chi connectivity index (χ0n) is 15.6. The number of nitrogens with zero attached hydrogens (tertiary/aromatic N) is 1.